The van der Waals surface area contributed by atoms with E-state index in [4.69, 9.17) is 9.47 Å². The van der Waals surface area contributed by atoms with Gasteiger partial charge in [0.1, 0.15) is 24.6 Å². The van der Waals surface area contributed by atoms with Crippen molar-refractivity contribution in [1.82, 2.24) is 0 Å². The first-order valence-electron chi connectivity index (χ1n) is 12.3. The van der Waals surface area contributed by atoms with Crippen LogP contribution >= 0.6 is 0 Å². The number of ketones is 2. The molecule has 1 rings (SSSR count). The van der Waals surface area contributed by atoms with Crippen molar-refractivity contribution in [1.29, 1.82) is 0 Å². The molecule has 0 unspecified atom stereocenters. The van der Waals surface area contributed by atoms with Crippen LogP contribution in [0.1, 0.15) is 87.0 Å². The van der Waals surface area contributed by atoms with Crippen molar-refractivity contribution in [2.24, 2.45) is 28.6 Å². The molecule has 0 N–H and O–H groups in total. The van der Waals surface area contributed by atoms with Crippen LogP contribution in [0.3, 0.4) is 0 Å². The summed E-state index contributed by atoms with van der Waals surface area (Å²) < 4.78 is 11.0. The Labute approximate surface area is 201 Å². The zero-order valence-electron chi connectivity index (χ0n) is 22.2. The molecule has 0 spiro atoms. The molecule has 1 saturated carbocycles. The van der Waals surface area contributed by atoms with Crippen LogP contribution in [0.2, 0.25) is 0 Å². The number of aldehydes is 1. The van der Waals surface area contributed by atoms with Gasteiger partial charge in [-0.15, -0.1) is 0 Å². The monoisotopic (exact) mass is 462 g/mol. The van der Waals surface area contributed by atoms with Crippen LogP contribution in [0.4, 0.5) is 0 Å². The van der Waals surface area contributed by atoms with E-state index < -0.39 is 10.8 Å². The summed E-state index contributed by atoms with van der Waals surface area (Å²) in [6.45, 7) is 14.6. The first-order chi connectivity index (χ1) is 15.5. The Balaban J connectivity index is 3.71. The van der Waals surface area contributed by atoms with E-state index in [0.717, 1.165) is 18.3 Å². The number of carbonyl (C=O) groups excluding carboxylic acids is 3. The molecule has 0 aliphatic heterocycles. The zero-order valence-corrected chi connectivity index (χ0v) is 22.2. The van der Waals surface area contributed by atoms with Crippen molar-refractivity contribution in [3.63, 3.8) is 0 Å². The summed E-state index contributed by atoms with van der Waals surface area (Å²) in [5.41, 5.74) is 0.552. The Bertz CT molecular complexity index is 727. The van der Waals surface area contributed by atoms with Crippen LogP contribution in [-0.4, -0.2) is 38.4 Å². The Morgan fingerprint density at radius 3 is 2.24 bits per heavy atom. The summed E-state index contributed by atoms with van der Waals surface area (Å²) in [4.78, 5) is 39.7. The highest BCUT2D eigenvalue weighted by molar-refractivity contribution is 6.10. The fourth-order valence-electron chi connectivity index (χ4n) is 5.58. The summed E-state index contributed by atoms with van der Waals surface area (Å²) in [6.07, 6.45) is 8.32. The van der Waals surface area contributed by atoms with Gasteiger partial charge in [0.25, 0.3) is 0 Å². The average Bonchev–Trinajstić information content (AvgIpc) is 2.74. The van der Waals surface area contributed by atoms with Crippen molar-refractivity contribution in [2.45, 2.75) is 87.0 Å². The van der Waals surface area contributed by atoms with E-state index in [-0.39, 0.29) is 49.0 Å². The maximum atomic E-state index is 14.3. The number of Topliss-reactive ketones (excluding diaryl/α,β-unsaturated/α-hetero) is 2. The summed E-state index contributed by atoms with van der Waals surface area (Å²) in [5.74, 6) is -0.579. The first-order valence-corrected chi connectivity index (χ1v) is 12.3. The standard InChI is InChI=1S/C28H46O5/c1-20(2)11-9-14-27(7)24(18-33-19-32-8)17-23(13-12-21(3)4)26(31)28(27,15-10-16-29)25(30)22(5)6/h11-12,16,22-24H,9-10,13-15,17-19H2,1-8H3/t23-,24-,27-,28-/m0/s1. The average molecular weight is 463 g/mol. The minimum Gasteiger partial charge on any atom is -0.359 e. The van der Waals surface area contributed by atoms with E-state index in [9.17, 15) is 14.4 Å². The van der Waals surface area contributed by atoms with Crippen LogP contribution in [0, 0.1) is 28.6 Å². The Hall–Kier alpha value is -1.59. The lowest BCUT2D eigenvalue weighted by molar-refractivity contribution is -0.174. The van der Waals surface area contributed by atoms with Crippen LogP contribution in [-0.2, 0) is 23.9 Å². The number of ether oxygens (including phenoxy) is 2. The molecule has 1 fully saturated rings. The second kappa shape index (κ2) is 13.3. The molecule has 0 amide bonds. The number of methoxy groups -OCH3 is 1. The van der Waals surface area contributed by atoms with Gasteiger partial charge in [0.05, 0.1) is 12.0 Å². The molecule has 0 bridgehead atoms. The summed E-state index contributed by atoms with van der Waals surface area (Å²) >= 11 is 0. The number of hydrogen-bond acceptors (Lipinski definition) is 5. The first kappa shape index (κ1) is 29.4. The van der Waals surface area contributed by atoms with Gasteiger partial charge in [0, 0.05) is 25.4 Å². The molecule has 1 aliphatic rings. The van der Waals surface area contributed by atoms with Crippen molar-refractivity contribution < 1.29 is 23.9 Å². The van der Waals surface area contributed by atoms with Gasteiger partial charge < -0.3 is 14.3 Å². The molecule has 0 saturated heterocycles. The lowest BCUT2D eigenvalue weighted by Crippen LogP contribution is -2.62. The van der Waals surface area contributed by atoms with Crippen molar-refractivity contribution in [3.8, 4) is 0 Å². The molecule has 5 nitrogen and oxygen atoms in total. The Morgan fingerprint density at radius 1 is 1.09 bits per heavy atom. The van der Waals surface area contributed by atoms with E-state index in [0.29, 0.717) is 25.9 Å². The van der Waals surface area contributed by atoms with Crippen molar-refractivity contribution >= 4 is 17.9 Å². The zero-order chi connectivity index (χ0) is 25.2. The third-order valence-electron chi connectivity index (χ3n) is 7.37. The topological polar surface area (TPSA) is 69.7 Å². The number of allylic oxidation sites excluding steroid dienone is 4. The molecule has 0 aromatic rings. The third kappa shape index (κ3) is 6.95. The molecule has 4 atom stereocenters. The molecule has 33 heavy (non-hydrogen) atoms. The minimum atomic E-state index is -1.20. The highest BCUT2D eigenvalue weighted by Crippen LogP contribution is 2.60. The second-order valence-electron chi connectivity index (χ2n) is 10.7. The molecule has 5 heteroatoms. The van der Waals surface area contributed by atoms with Gasteiger partial charge in [-0.05, 0) is 71.1 Å². The molecule has 0 heterocycles. The van der Waals surface area contributed by atoms with E-state index in [1.807, 2.05) is 27.7 Å². The van der Waals surface area contributed by atoms with E-state index in [2.05, 4.69) is 32.9 Å². The van der Waals surface area contributed by atoms with Crippen molar-refractivity contribution in [3.05, 3.63) is 23.3 Å². The third-order valence-corrected chi connectivity index (χ3v) is 7.37. The van der Waals surface area contributed by atoms with E-state index in [1.165, 1.54) is 5.57 Å². The maximum absolute atomic E-state index is 14.3. The van der Waals surface area contributed by atoms with Gasteiger partial charge >= 0.3 is 0 Å². The van der Waals surface area contributed by atoms with Gasteiger partial charge in [0.2, 0.25) is 0 Å². The fraction of sp³-hybridized carbons (Fsp3) is 0.750. The fourth-order valence-corrected chi connectivity index (χ4v) is 5.58. The van der Waals surface area contributed by atoms with Crippen molar-refractivity contribution in [2.75, 3.05) is 20.5 Å². The normalized spacial score (nSPS) is 27.4. The van der Waals surface area contributed by atoms with Crippen LogP contribution in [0.5, 0.6) is 0 Å². The highest BCUT2D eigenvalue weighted by Gasteiger charge is 2.64. The van der Waals surface area contributed by atoms with Gasteiger partial charge in [-0.2, -0.15) is 0 Å². The van der Waals surface area contributed by atoms with E-state index in [1.54, 1.807) is 7.11 Å². The van der Waals surface area contributed by atoms with Gasteiger partial charge in [-0.1, -0.05) is 44.1 Å². The molecular formula is C28H46O5. The van der Waals surface area contributed by atoms with Crippen LogP contribution < -0.4 is 0 Å². The maximum Gasteiger partial charge on any atom is 0.150 e. The highest BCUT2D eigenvalue weighted by atomic mass is 16.7. The molecule has 0 aromatic carbocycles. The van der Waals surface area contributed by atoms with E-state index >= 15 is 0 Å². The van der Waals surface area contributed by atoms with Gasteiger partial charge in [-0.25, -0.2) is 0 Å². The smallest absolute Gasteiger partial charge is 0.150 e. The SMILES string of the molecule is COCOC[C@@H]1C[C@H](CC=C(C)C)C(=O)[C@](CCC=O)(C(=O)C(C)C)[C@@]1(C)CCC=C(C)C. The molecular weight excluding hydrogens is 416 g/mol. The number of carbonyl (C=O) groups is 3. The molecule has 188 valence electrons. The lowest BCUT2D eigenvalue weighted by atomic mass is 9.44. The number of hydrogen-bond donors (Lipinski definition) is 0. The van der Waals surface area contributed by atoms with Gasteiger partial charge in [0.15, 0.2) is 0 Å². The minimum absolute atomic E-state index is 0.000765. The Morgan fingerprint density at radius 2 is 1.73 bits per heavy atom. The number of rotatable bonds is 14. The van der Waals surface area contributed by atoms with Crippen LogP contribution in [0.15, 0.2) is 23.3 Å². The second-order valence-corrected chi connectivity index (χ2v) is 10.7. The van der Waals surface area contributed by atoms with Gasteiger partial charge in [-0.3, -0.25) is 9.59 Å². The lowest BCUT2D eigenvalue weighted by Gasteiger charge is -2.57. The van der Waals surface area contributed by atoms with Crippen LogP contribution in [0.25, 0.3) is 0 Å². The largest absolute Gasteiger partial charge is 0.359 e. The summed E-state index contributed by atoms with van der Waals surface area (Å²) in [6, 6.07) is 0. The molecule has 0 radical (unpaired) electrons. The summed E-state index contributed by atoms with van der Waals surface area (Å²) in [5, 5.41) is 0. The predicted molar refractivity (Wildman–Crippen MR) is 133 cm³/mol. The quantitative estimate of drug-likeness (QED) is 0.102. The predicted octanol–water partition coefficient (Wildman–Crippen LogP) is 6.11. The molecule has 1 aliphatic carbocycles. The Kier molecular flexibility index (Phi) is 11.9. The summed E-state index contributed by atoms with van der Waals surface area (Å²) in [7, 11) is 1.59. The molecule has 0 aromatic heterocycles.